The van der Waals surface area contributed by atoms with Crippen molar-refractivity contribution in [3.8, 4) is 11.6 Å². The number of ether oxygens (including phenoxy) is 2. The van der Waals surface area contributed by atoms with Crippen LogP contribution < -0.4 is 10.1 Å². The van der Waals surface area contributed by atoms with E-state index in [1.54, 1.807) is 25.1 Å². The highest BCUT2D eigenvalue weighted by atomic mass is 19.1. The summed E-state index contributed by atoms with van der Waals surface area (Å²) in [7, 11) is 0. The van der Waals surface area contributed by atoms with Gasteiger partial charge in [-0.15, -0.1) is 0 Å². The van der Waals surface area contributed by atoms with E-state index in [2.05, 4.69) is 10.3 Å². The second-order valence-electron chi connectivity index (χ2n) is 5.58. The van der Waals surface area contributed by atoms with Crippen LogP contribution in [0, 0.1) is 12.7 Å². The van der Waals surface area contributed by atoms with Crippen molar-refractivity contribution in [3.63, 3.8) is 0 Å². The zero-order valence-electron chi connectivity index (χ0n) is 14.1. The Morgan fingerprint density at radius 2 is 1.92 bits per heavy atom. The lowest BCUT2D eigenvalue weighted by molar-refractivity contribution is 0.155. The number of nitrogens with zero attached hydrogens (tertiary/aromatic N) is 1. The third-order valence-electron chi connectivity index (χ3n) is 3.55. The first-order valence-electron chi connectivity index (χ1n) is 7.98. The molecule has 0 aliphatic heterocycles. The second kappa shape index (κ2) is 8.11. The van der Waals surface area contributed by atoms with E-state index in [-0.39, 0.29) is 12.4 Å². The van der Waals surface area contributed by atoms with Crippen LogP contribution in [0.2, 0.25) is 0 Å². The average molecular weight is 352 g/mol. The third-order valence-corrected chi connectivity index (χ3v) is 3.55. The zero-order valence-corrected chi connectivity index (χ0v) is 14.1. The third kappa shape index (κ3) is 4.80. The Balaban J connectivity index is 1.53. The van der Waals surface area contributed by atoms with Crippen LogP contribution in [0.25, 0.3) is 0 Å². The molecule has 0 aliphatic carbocycles. The Morgan fingerprint density at radius 1 is 1.12 bits per heavy atom. The molecule has 0 bridgehead atoms. The van der Waals surface area contributed by atoms with Crippen LogP contribution in [0.15, 0.2) is 66.9 Å². The van der Waals surface area contributed by atoms with Gasteiger partial charge < -0.3 is 9.47 Å². The number of pyridine rings is 1. The van der Waals surface area contributed by atoms with Gasteiger partial charge >= 0.3 is 6.09 Å². The van der Waals surface area contributed by atoms with Gasteiger partial charge in [0.05, 0.1) is 11.9 Å². The van der Waals surface area contributed by atoms with E-state index in [0.29, 0.717) is 22.9 Å². The molecule has 0 spiro atoms. The second-order valence-corrected chi connectivity index (χ2v) is 5.58. The van der Waals surface area contributed by atoms with Crippen LogP contribution in [0.5, 0.6) is 11.6 Å². The molecule has 6 heteroatoms. The summed E-state index contributed by atoms with van der Waals surface area (Å²) in [6.07, 6.45) is 0.883. The zero-order chi connectivity index (χ0) is 18.4. The molecule has 0 saturated heterocycles. The summed E-state index contributed by atoms with van der Waals surface area (Å²) in [5, 5.41) is 2.59. The summed E-state index contributed by atoms with van der Waals surface area (Å²) in [5.41, 5.74) is 1.87. The summed E-state index contributed by atoms with van der Waals surface area (Å²) in [5.74, 6) is 0.525. The number of benzene rings is 2. The van der Waals surface area contributed by atoms with E-state index in [1.165, 1.54) is 18.3 Å². The lowest BCUT2D eigenvalue weighted by atomic mass is 10.2. The number of anilines is 1. The number of hydrogen-bond donors (Lipinski definition) is 1. The number of halogens is 1. The number of rotatable bonds is 5. The van der Waals surface area contributed by atoms with Crippen LogP contribution in [0.3, 0.4) is 0 Å². The highest BCUT2D eigenvalue weighted by molar-refractivity contribution is 5.84. The Labute approximate surface area is 150 Å². The molecule has 0 atom stereocenters. The molecule has 1 N–H and O–H groups in total. The Kier molecular flexibility index (Phi) is 5.43. The fourth-order valence-corrected chi connectivity index (χ4v) is 2.19. The van der Waals surface area contributed by atoms with Crippen molar-refractivity contribution in [3.05, 3.63) is 83.8 Å². The van der Waals surface area contributed by atoms with E-state index in [0.717, 1.165) is 5.56 Å². The molecule has 1 heterocycles. The molecule has 1 amide bonds. The Bertz CT molecular complexity index is 883. The summed E-state index contributed by atoms with van der Waals surface area (Å²) in [6.45, 7) is 1.84. The molecule has 1 aromatic heterocycles. The van der Waals surface area contributed by atoms with Gasteiger partial charge in [0.15, 0.2) is 0 Å². The van der Waals surface area contributed by atoms with Gasteiger partial charge in [0.1, 0.15) is 18.2 Å². The molecule has 0 fully saturated rings. The van der Waals surface area contributed by atoms with Crippen molar-refractivity contribution < 1.29 is 18.7 Å². The maximum atomic E-state index is 13.3. The van der Waals surface area contributed by atoms with E-state index >= 15 is 0 Å². The van der Waals surface area contributed by atoms with Gasteiger partial charge in [0, 0.05) is 6.07 Å². The minimum Gasteiger partial charge on any atom is -0.444 e. The number of aryl methyl sites for hydroxylation is 1. The number of nitrogens with one attached hydrogen (secondary N) is 1. The predicted octanol–water partition coefficient (Wildman–Crippen LogP) is 5.07. The largest absolute Gasteiger partial charge is 0.444 e. The fraction of sp³-hybridized carbons (Fsp3) is 0.100. The van der Waals surface area contributed by atoms with Gasteiger partial charge in [-0.05, 0) is 42.3 Å². The number of carbonyl (C=O) groups is 1. The molecule has 5 nitrogen and oxygen atoms in total. The fourth-order valence-electron chi connectivity index (χ4n) is 2.19. The molecule has 2 aromatic carbocycles. The number of hydrogen-bond acceptors (Lipinski definition) is 4. The lowest BCUT2D eigenvalue weighted by Gasteiger charge is -2.08. The molecule has 3 aromatic rings. The molecule has 132 valence electrons. The number of aromatic nitrogens is 1. The topological polar surface area (TPSA) is 60.5 Å². The molecule has 0 aliphatic rings. The van der Waals surface area contributed by atoms with E-state index in [4.69, 9.17) is 9.47 Å². The monoisotopic (exact) mass is 352 g/mol. The Hall–Kier alpha value is -3.41. The van der Waals surface area contributed by atoms with Gasteiger partial charge in [0.25, 0.3) is 0 Å². The van der Waals surface area contributed by atoms with Gasteiger partial charge in [-0.1, -0.05) is 30.3 Å². The van der Waals surface area contributed by atoms with Crippen molar-refractivity contribution in [2.45, 2.75) is 13.5 Å². The molecular weight excluding hydrogens is 335 g/mol. The summed E-state index contributed by atoms with van der Waals surface area (Å²) >= 11 is 0. The van der Waals surface area contributed by atoms with Crippen molar-refractivity contribution in [2.75, 3.05) is 5.32 Å². The molecular formula is C20H17FN2O3. The molecule has 26 heavy (non-hydrogen) atoms. The minimum absolute atomic E-state index is 0.186. The summed E-state index contributed by atoms with van der Waals surface area (Å²) in [4.78, 5) is 15.9. The standard InChI is InChI=1S/C20H17FN2O3/c1-14-11-17(8-9-18(14)21)26-19-10-7-16(12-22-19)23-20(24)25-13-15-5-3-2-4-6-15/h2-12H,13H2,1H3,(H,23,24). The predicted molar refractivity (Wildman–Crippen MR) is 95.7 cm³/mol. The highest BCUT2D eigenvalue weighted by Gasteiger charge is 2.06. The SMILES string of the molecule is Cc1cc(Oc2ccc(NC(=O)OCc3ccccc3)cn2)ccc1F. The maximum Gasteiger partial charge on any atom is 0.412 e. The lowest BCUT2D eigenvalue weighted by Crippen LogP contribution is -2.13. The quantitative estimate of drug-likeness (QED) is 0.696. The van der Waals surface area contributed by atoms with Crippen LogP contribution in [-0.2, 0) is 11.3 Å². The van der Waals surface area contributed by atoms with E-state index in [1.807, 2.05) is 30.3 Å². The van der Waals surface area contributed by atoms with E-state index in [9.17, 15) is 9.18 Å². The van der Waals surface area contributed by atoms with Crippen LogP contribution >= 0.6 is 0 Å². The molecule has 0 radical (unpaired) electrons. The summed E-state index contributed by atoms with van der Waals surface area (Å²) < 4.78 is 24.0. The minimum atomic E-state index is -0.571. The first-order valence-corrected chi connectivity index (χ1v) is 7.98. The Morgan fingerprint density at radius 3 is 2.62 bits per heavy atom. The van der Waals surface area contributed by atoms with Crippen LogP contribution in [-0.4, -0.2) is 11.1 Å². The summed E-state index contributed by atoms with van der Waals surface area (Å²) in [6, 6.07) is 17.1. The van der Waals surface area contributed by atoms with E-state index < -0.39 is 6.09 Å². The van der Waals surface area contributed by atoms with Gasteiger partial charge in [0.2, 0.25) is 5.88 Å². The first kappa shape index (κ1) is 17.4. The van der Waals surface area contributed by atoms with Crippen LogP contribution in [0.4, 0.5) is 14.9 Å². The van der Waals surface area contributed by atoms with Crippen molar-refractivity contribution in [1.82, 2.24) is 4.98 Å². The molecule has 0 saturated carbocycles. The first-order chi connectivity index (χ1) is 12.6. The van der Waals surface area contributed by atoms with Crippen molar-refractivity contribution in [1.29, 1.82) is 0 Å². The average Bonchev–Trinajstić information content (AvgIpc) is 2.65. The smallest absolute Gasteiger partial charge is 0.412 e. The van der Waals surface area contributed by atoms with Gasteiger partial charge in [-0.3, -0.25) is 5.32 Å². The van der Waals surface area contributed by atoms with Gasteiger partial charge in [-0.2, -0.15) is 0 Å². The van der Waals surface area contributed by atoms with Crippen molar-refractivity contribution in [2.24, 2.45) is 0 Å². The molecule has 3 rings (SSSR count). The van der Waals surface area contributed by atoms with Gasteiger partial charge in [-0.25, -0.2) is 14.2 Å². The highest BCUT2D eigenvalue weighted by Crippen LogP contribution is 2.22. The molecule has 0 unspecified atom stereocenters. The van der Waals surface area contributed by atoms with Crippen molar-refractivity contribution >= 4 is 11.8 Å². The van der Waals surface area contributed by atoms with Crippen LogP contribution in [0.1, 0.15) is 11.1 Å². The normalized spacial score (nSPS) is 10.2. The number of carbonyl (C=O) groups excluding carboxylic acids is 1. The maximum absolute atomic E-state index is 13.3. The number of amides is 1.